The van der Waals surface area contributed by atoms with Gasteiger partial charge in [0.1, 0.15) is 6.07 Å². The van der Waals surface area contributed by atoms with Crippen LogP contribution >= 0.6 is 11.6 Å². The Morgan fingerprint density at radius 3 is 2.85 bits per heavy atom. The predicted octanol–water partition coefficient (Wildman–Crippen LogP) is 2.63. The molecule has 7 heteroatoms. The lowest BCUT2D eigenvalue weighted by molar-refractivity contribution is 0.0698. The molecule has 1 aromatic heterocycles. The van der Waals surface area contributed by atoms with Gasteiger partial charge in [-0.3, -0.25) is 0 Å². The molecule has 0 aliphatic carbocycles. The Morgan fingerprint density at radius 2 is 2.20 bits per heavy atom. The number of halogens is 1. The highest BCUT2D eigenvalue weighted by molar-refractivity contribution is 6.30. The highest BCUT2D eigenvalue weighted by atomic mass is 35.5. The van der Waals surface area contributed by atoms with Crippen LogP contribution in [0.3, 0.4) is 0 Å². The number of hydrogen-bond donors (Lipinski definition) is 3. The number of nitriles is 1. The van der Waals surface area contributed by atoms with E-state index in [1.807, 2.05) is 6.07 Å². The van der Waals surface area contributed by atoms with Gasteiger partial charge in [0.2, 0.25) is 0 Å². The van der Waals surface area contributed by atoms with Crippen molar-refractivity contribution in [1.29, 1.82) is 5.26 Å². The van der Waals surface area contributed by atoms with Crippen molar-refractivity contribution in [1.82, 2.24) is 4.98 Å². The summed E-state index contributed by atoms with van der Waals surface area (Å²) in [6.45, 7) is 0. The molecule has 100 valence electrons. The molecule has 0 aliphatic rings. The number of nitrogen functional groups attached to an aromatic ring is 1. The minimum atomic E-state index is -1.15. The van der Waals surface area contributed by atoms with E-state index in [0.717, 1.165) is 0 Å². The lowest BCUT2D eigenvalue weighted by Crippen LogP contribution is -2.07. The lowest BCUT2D eigenvalue weighted by Gasteiger charge is -2.11. The van der Waals surface area contributed by atoms with Gasteiger partial charge < -0.3 is 16.2 Å². The van der Waals surface area contributed by atoms with Gasteiger partial charge in [-0.15, -0.1) is 0 Å². The summed E-state index contributed by atoms with van der Waals surface area (Å²) in [4.78, 5) is 15.0. The third-order valence-corrected chi connectivity index (χ3v) is 2.81. The molecule has 0 saturated heterocycles. The van der Waals surface area contributed by atoms with Crippen LogP contribution in [0.5, 0.6) is 0 Å². The number of benzene rings is 1. The maximum absolute atomic E-state index is 11.0. The number of nitrogens with zero attached hydrogens (tertiary/aromatic N) is 2. The molecule has 1 heterocycles. The average Bonchev–Trinajstić information content (AvgIpc) is 2.41. The molecule has 0 bridgehead atoms. The molecule has 0 saturated carbocycles. The zero-order chi connectivity index (χ0) is 14.7. The summed E-state index contributed by atoms with van der Waals surface area (Å²) in [5, 5.41) is 21.3. The summed E-state index contributed by atoms with van der Waals surface area (Å²) in [7, 11) is 0. The van der Waals surface area contributed by atoms with Crippen LogP contribution in [0.25, 0.3) is 0 Å². The molecule has 0 unspecified atom stereocenters. The molecule has 0 amide bonds. The van der Waals surface area contributed by atoms with Crippen molar-refractivity contribution in [2.75, 3.05) is 11.1 Å². The van der Waals surface area contributed by atoms with Crippen molar-refractivity contribution in [3.05, 3.63) is 46.6 Å². The van der Waals surface area contributed by atoms with E-state index in [4.69, 9.17) is 27.7 Å². The van der Waals surface area contributed by atoms with E-state index in [1.54, 1.807) is 12.1 Å². The fourth-order valence-corrected chi connectivity index (χ4v) is 1.78. The van der Waals surface area contributed by atoms with Crippen LogP contribution in [0.15, 0.2) is 30.5 Å². The van der Waals surface area contributed by atoms with Gasteiger partial charge in [0.25, 0.3) is 0 Å². The number of rotatable bonds is 3. The normalized spacial score (nSPS) is 9.80. The zero-order valence-corrected chi connectivity index (χ0v) is 10.8. The third-order valence-electron chi connectivity index (χ3n) is 2.58. The predicted molar refractivity (Wildman–Crippen MR) is 75.1 cm³/mol. The van der Waals surface area contributed by atoms with Gasteiger partial charge in [0, 0.05) is 11.2 Å². The van der Waals surface area contributed by atoms with Crippen LogP contribution in [0.4, 0.5) is 17.2 Å². The molecule has 2 rings (SSSR count). The quantitative estimate of drug-likeness (QED) is 0.800. The second-order valence-electron chi connectivity index (χ2n) is 3.85. The SMILES string of the molecule is N#Cc1ccc(Cl)cc1Nc1nccc(C(=O)O)c1N. The van der Waals surface area contributed by atoms with Crippen LogP contribution in [0.2, 0.25) is 5.02 Å². The van der Waals surface area contributed by atoms with Crippen LogP contribution in [0, 0.1) is 11.3 Å². The lowest BCUT2D eigenvalue weighted by atomic mass is 10.2. The minimum Gasteiger partial charge on any atom is -0.478 e. The minimum absolute atomic E-state index is 0.0103. The highest BCUT2D eigenvalue weighted by Crippen LogP contribution is 2.27. The van der Waals surface area contributed by atoms with E-state index in [1.165, 1.54) is 18.3 Å². The van der Waals surface area contributed by atoms with E-state index in [0.29, 0.717) is 16.3 Å². The monoisotopic (exact) mass is 288 g/mol. The first kappa shape index (κ1) is 13.6. The second kappa shape index (κ2) is 5.47. The van der Waals surface area contributed by atoms with E-state index >= 15 is 0 Å². The fraction of sp³-hybridized carbons (Fsp3) is 0. The molecule has 0 fully saturated rings. The van der Waals surface area contributed by atoms with Crippen LogP contribution in [-0.2, 0) is 0 Å². The van der Waals surface area contributed by atoms with Crippen LogP contribution in [0.1, 0.15) is 15.9 Å². The van der Waals surface area contributed by atoms with E-state index in [-0.39, 0.29) is 17.1 Å². The van der Waals surface area contributed by atoms with Crippen molar-refractivity contribution in [3.63, 3.8) is 0 Å². The number of nitrogens with one attached hydrogen (secondary N) is 1. The molecule has 1 aromatic carbocycles. The number of aromatic nitrogens is 1. The maximum atomic E-state index is 11.0. The van der Waals surface area contributed by atoms with Crippen molar-refractivity contribution >= 4 is 34.8 Å². The standard InChI is InChI=1S/C13H9ClN4O2/c14-8-2-1-7(6-15)10(5-8)18-12-11(16)9(13(19)20)3-4-17-12/h1-5H,16H2,(H,17,18)(H,19,20). The molecule has 0 spiro atoms. The summed E-state index contributed by atoms with van der Waals surface area (Å²) in [5.41, 5.74) is 6.41. The number of aromatic carboxylic acids is 1. The van der Waals surface area contributed by atoms with E-state index in [2.05, 4.69) is 10.3 Å². The first-order valence-corrected chi connectivity index (χ1v) is 5.85. The first-order chi connectivity index (χ1) is 9.52. The van der Waals surface area contributed by atoms with Gasteiger partial charge in [0.05, 0.1) is 22.5 Å². The summed E-state index contributed by atoms with van der Waals surface area (Å²) in [5.74, 6) is -0.997. The Morgan fingerprint density at radius 1 is 1.45 bits per heavy atom. The molecule has 6 nitrogen and oxygen atoms in total. The number of carboxylic acids is 1. The van der Waals surface area contributed by atoms with Crippen LogP contribution in [-0.4, -0.2) is 16.1 Å². The smallest absolute Gasteiger partial charge is 0.337 e. The van der Waals surface area contributed by atoms with Crippen molar-refractivity contribution < 1.29 is 9.90 Å². The Labute approximate surface area is 119 Å². The number of anilines is 3. The molecule has 2 aromatic rings. The van der Waals surface area contributed by atoms with E-state index in [9.17, 15) is 4.79 Å². The van der Waals surface area contributed by atoms with Crippen molar-refractivity contribution in [2.24, 2.45) is 0 Å². The van der Waals surface area contributed by atoms with Gasteiger partial charge in [-0.05, 0) is 24.3 Å². The van der Waals surface area contributed by atoms with Gasteiger partial charge in [0.15, 0.2) is 5.82 Å². The summed E-state index contributed by atoms with van der Waals surface area (Å²) in [6.07, 6.45) is 1.32. The first-order valence-electron chi connectivity index (χ1n) is 5.47. The van der Waals surface area contributed by atoms with Gasteiger partial charge in [-0.1, -0.05) is 11.6 Å². The molecular weight excluding hydrogens is 280 g/mol. The van der Waals surface area contributed by atoms with Crippen molar-refractivity contribution in [3.8, 4) is 6.07 Å². The Hall–Kier alpha value is -2.78. The largest absolute Gasteiger partial charge is 0.478 e. The zero-order valence-electron chi connectivity index (χ0n) is 10.1. The maximum Gasteiger partial charge on any atom is 0.337 e. The number of pyridine rings is 1. The number of carbonyl (C=O) groups is 1. The molecule has 20 heavy (non-hydrogen) atoms. The number of hydrogen-bond acceptors (Lipinski definition) is 5. The third kappa shape index (κ3) is 2.63. The Kier molecular flexibility index (Phi) is 3.73. The molecule has 0 aliphatic heterocycles. The summed E-state index contributed by atoms with van der Waals surface area (Å²) >= 11 is 5.87. The summed E-state index contributed by atoms with van der Waals surface area (Å²) in [6, 6.07) is 7.95. The second-order valence-corrected chi connectivity index (χ2v) is 4.29. The fourth-order valence-electron chi connectivity index (χ4n) is 1.60. The number of nitrogens with two attached hydrogens (primary N) is 1. The van der Waals surface area contributed by atoms with Gasteiger partial charge >= 0.3 is 5.97 Å². The van der Waals surface area contributed by atoms with E-state index < -0.39 is 5.97 Å². The topological polar surface area (TPSA) is 112 Å². The summed E-state index contributed by atoms with van der Waals surface area (Å²) < 4.78 is 0. The van der Waals surface area contributed by atoms with Gasteiger partial charge in [-0.2, -0.15) is 5.26 Å². The molecule has 4 N–H and O–H groups in total. The van der Waals surface area contributed by atoms with Crippen LogP contribution < -0.4 is 11.1 Å². The molecule has 0 radical (unpaired) electrons. The molecular formula is C13H9ClN4O2. The van der Waals surface area contributed by atoms with Gasteiger partial charge in [-0.25, -0.2) is 9.78 Å². The number of carboxylic acid groups (broad SMARTS) is 1. The average molecular weight is 289 g/mol. The Bertz CT molecular complexity index is 725. The Balaban J connectivity index is 2.46. The highest BCUT2D eigenvalue weighted by Gasteiger charge is 2.13. The molecule has 0 atom stereocenters. The van der Waals surface area contributed by atoms with Crippen molar-refractivity contribution in [2.45, 2.75) is 0 Å².